The highest BCUT2D eigenvalue weighted by Gasteiger charge is 2.49. The number of aromatic amines is 1. The summed E-state index contributed by atoms with van der Waals surface area (Å²) in [4.78, 5) is 53.2. The van der Waals surface area contributed by atoms with E-state index in [1.54, 1.807) is 0 Å². The number of carbonyl (C=O) groups excluding carboxylic acids is 1. The normalized spacial score (nSPS) is 35.3. The molecule has 4 rings (SSSR count). The van der Waals surface area contributed by atoms with Crippen molar-refractivity contribution < 1.29 is 67.0 Å². The van der Waals surface area contributed by atoms with Gasteiger partial charge >= 0.3 is 15.6 Å². The quantitative estimate of drug-likeness (QED) is 0.140. The number of fused-ring (bicyclic) bond motifs is 1. The van der Waals surface area contributed by atoms with Crippen LogP contribution in [0.1, 0.15) is 13.2 Å². The molecule has 2 saturated heterocycles. The summed E-state index contributed by atoms with van der Waals surface area (Å²) in [5.74, 6) is -1.21. The van der Waals surface area contributed by atoms with Gasteiger partial charge in [-0.3, -0.25) is 28.2 Å². The lowest BCUT2D eigenvalue weighted by Gasteiger charge is -2.34. The van der Waals surface area contributed by atoms with Gasteiger partial charge in [-0.05, 0) is 6.92 Å². The Morgan fingerprint density at radius 3 is 2.47 bits per heavy atom. The van der Waals surface area contributed by atoms with Crippen LogP contribution in [0, 0.1) is 0 Å². The zero-order valence-corrected chi connectivity index (χ0v) is 20.9. The van der Waals surface area contributed by atoms with Gasteiger partial charge in [0.2, 0.25) is 5.95 Å². The van der Waals surface area contributed by atoms with E-state index in [1.807, 2.05) is 0 Å². The third-order valence-electron chi connectivity index (χ3n) is 5.54. The van der Waals surface area contributed by atoms with E-state index < -0.39 is 82.7 Å². The molecule has 2 fully saturated rings. The zero-order chi connectivity index (χ0) is 28.2. The van der Waals surface area contributed by atoms with E-state index in [-0.39, 0.29) is 17.1 Å². The number of hydrogen-bond donors (Lipinski definition) is 8. The fourth-order valence-corrected chi connectivity index (χ4v) is 5.85. The van der Waals surface area contributed by atoms with Gasteiger partial charge in [0.15, 0.2) is 29.5 Å². The number of nitrogens with one attached hydrogen (secondary N) is 1. The van der Waals surface area contributed by atoms with Crippen LogP contribution >= 0.6 is 15.6 Å². The highest BCUT2D eigenvalue weighted by molar-refractivity contribution is 7.61. The van der Waals surface area contributed by atoms with Crippen LogP contribution in [0.2, 0.25) is 0 Å². The van der Waals surface area contributed by atoms with Crippen LogP contribution in [0.5, 0.6) is 0 Å². The van der Waals surface area contributed by atoms with Crippen LogP contribution in [0.4, 0.5) is 5.95 Å². The van der Waals surface area contributed by atoms with Crippen molar-refractivity contribution in [3.05, 3.63) is 16.7 Å². The van der Waals surface area contributed by atoms with Crippen LogP contribution in [0.15, 0.2) is 11.1 Å². The molecule has 212 valence electrons. The summed E-state index contributed by atoms with van der Waals surface area (Å²) >= 11 is 0. The molecule has 2 aliphatic rings. The highest BCUT2D eigenvalue weighted by Crippen LogP contribution is 2.61. The van der Waals surface area contributed by atoms with Crippen LogP contribution < -0.4 is 11.3 Å². The molecule has 0 radical (unpaired) electrons. The molecule has 2 aromatic heterocycles. The predicted octanol–water partition coefficient (Wildman–Crippen LogP) is -3.39. The molecule has 2 aromatic rings. The van der Waals surface area contributed by atoms with Gasteiger partial charge in [0.05, 0.1) is 12.9 Å². The van der Waals surface area contributed by atoms with E-state index in [1.165, 1.54) is 0 Å². The van der Waals surface area contributed by atoms with Crippen LogP contribution in [0.3, 0.4) is 0 Å². The van der Waals surface area contributed by atoms with Crippen molar-refractivity contribution in [1.29, 1.82) is 0 Å². The molecule has 22 heteroatoms. The number of ketones is 1. The first-order chi connectivity index (χ1) is 17.6. The smallest absolute Gasteiger partial charge is 0.387 e. The SMILES string of the molecule is C[C@@H]1OC(OP(=O)(O)OP(=O)(O)OC[C@H]2O[C@@H](n3cnc4c(=O)[nH]c(N)nc43)[C@H](O)[C@@H]2O)[C@H](O)[C@H](O)C1=O. The van der Waals surface area contributed by atoms with E-state index in [0.717, 1.165) is 17.8 Å². The number of nitrogen functional groups attached to an aromatic ring is 1. The largest absolute Gasteiger partial charge is 0.483 e. The standard InChI is InChI=1S/C16H23N5O15P2/c1-4-7(22)9(24)11(26)15(33-4)35-38(30,31)36-37(28,29)32-2-5-8(23)10(25)14(34-5)21-3-18-6-12(21)19-16(17)20-13(6)27/h3-5,8-11,14-15,23-26H,2H2,1H3,(H,28,29)(H,30,31)(H3,17,19,20,27)/t4-,5+,8+,9+,10+,11+,14+,15?/m0/s1. The fraction of sp³-hybridized carbons (Fsp3) is 0.625. The van der Waals surface area contributed by atoms with Crippen LogP contribution in [-0.2, 0) is 36.8 Å². The zero-order valence-electron chi connectivity index (χ0n) is 19.1. The predicted molar refractivity (Wildman–Crippen MR) is 118 cm³/mol. The van der Waals surface area contributed by atoms with Crippen molar-refractivity contribution in [2.45, 2.75) is 56.1 Å². The van der Waals surface area contributed by atoms with Crippen molar-refractivity contribution in [2.75, 3.05) is 12.3 Å². The van der Waals surface area contributed by atoms with Gasteiger partial charge in [-0.25, -0.2) is 14.1 Å². The maximum absolute atomic E-state index is 12.3. The Bertz CT molecular complexity index is 1370. The first-order valence-corrected chi connectivity index (χ1v) is 13.6. The number of H-pyrrole nitrogens is 1. The number of aliphatic hydroxyl groups is 4. The number of anilines is 1. The molecular formula is C16H23N5O15P2. The third kappa shape index (κ3) is 5.73. The molecule has 0 spiro atoms. The summed E-state index contributed by atoms with van der Waals surface area (Å²) in [6.07, 6.45) is -12.9. The number of aliphatic hydroxyl groups excluding tert-OH is 4. The van der Waals surface area contributed by atoms with Gasteiger partial charge in [-0.2, -0.15) is 9.29 Å². The molecule has 0 amide bonds. The van der Waals surface area contributed by atoms with Gasteiger partial charge in [0.25, 0.3) is 5.56 Å². The molecular weight excluding hydrogens is 564 g/mol. The van der Waals surface area contributed by atoms with Gasteiger partial charge in [-0.1, -0.05) is 0 Å². The third-order valence-corrected chi connectivity index (χ3v) is 8.14. The maximum Gasteiger partial charge on any atom is 0.483 e. The molecule has 9 N–H and O–H groups in total. The minimum absolute atomic E-state index is 0.105. The Labute approximate surface area is 210 Å². The van der Waals surface area contributed by atoms with Crippen molar-refractivity contribution in [3.8, 4) is 0 Å². The second kappa shape index (κ2) is 10.4. The van der Waals surface area contributed by atoms with E-state index in [0.29, 0.717) is 0 Å². The van der Waals surface area contributed by atoms with Crippen LogP contribution in [0.25, 0.3) is 11.2 Å². The topological polar surface area (TPSA) is 308 Å². The molecule has 4 heterocycles. The van der Waals surface area contributed by atoms with Crippen LogP contribution in [-0.4, -0.2) is 105 Å². The lowest BCUT2D eigenvalue weighted by atomic mass is 10.0. The van der Waals surface area contributed by atoms with Crippen molar-refractivity contribution in [3.63, 3.8) is 0 Å². The Morgan fingerprint density at radius 2 is 1.79 bits per heavy atom. The number of aromatic nitrogens is 4. The molecule has 2 aliphatic heterocycles. The number of imidazole rings is 1. The lowest BCUT2D eigenvalue weighted by Crippen LogP contribution is -2.54. The summed E-state index contributed by atoms with van der Waals surface area (Å²) in [6.45, 7) is 0.180. The van der Waals surface area contributed by atoms with E-state index >= 15 is 0 Å². The summed E-state index contributed by atoms with van der Waals surface area (Å²) in [6, 6.07) is 0. The molecule has 0 bridgehead atoms. The number of hydrogen-bond acceptors (Lipinski definition) is 16. The average Bonchev–Trinajstić information content (AvgIpc) is 3.35. The summed E-state index contributed by atoms with van der Waals surface area (Å²) < 4.78 is 49.0. The lowest BCUT2D eigenvalue weighted by molar-refractivity contribution is -0.226. The van der Waals surface area contributed by atoms with Crippen molar-refractivity contribution in [1.82, 2.24) is 19.5 Å². The number of Topliss-reactive ketones (excluding diaryl/α,β-unsaturated/α-hetero) is 1. The summed E-state index contributed by atoms with van der Waals surface area (Å²) in [5.41, 5.74) is 4.57. The molecule has 38 heavy (non-hydrogen) atoms. The Morgan fingerprint density at radius 1 is 1.11 bits per heavy atom. The minimum Gasteiger partial charge on any atom is -0.387 e. The molecule has 3 unspecified atom stereocenters. The number of phosphoric ester groups is 2. The fourth-order valence-electron chi connectivity index (χ4n) is 3.69. The second-order valence-corrected chi connectivity index (χ2v) is 11.2. The maximum atomic E-state index is 12.3. The number of rotatable bonds is 8. The second-order valence-electron chi connectivity index (χ2n) is 8.23. The molecule has 0 saturated carbocycles. The number of nitrogens with two attached hydrogens (primary N) is 1. The van der Waals surface area contributed by atoms with E-state index in [9.17, 15) is 48.9 Å². The van der Waals surface area contributed by atoms with Crippen molar-refractivity contribution >= 4 is 38.5 Å². The minimum atomic E-state index is -5.53. The number of phosphoric acid groups is 2. The first kappa shape index (κ1) is 28.8. The number of nitrogens with zero attached hydrogens (tertiary/aromatic N) is 3. The summed E-state index contributed by atoms with van der Waals surface area (Å²) in [7, 11) is -11.0. The Kier molecular flexibility index (Phi) is 7.92. The number of carbonyl (C=O) groups is 1. The van der Waals surface area contributed by atoms with Gasteiger partial charge in [0.1, 0.15) is 36.6 Å². The van der Waals surface area contributed by atoms with Crippen molar-refractivity contribution in [2.24, 2.45) is 0 Å². The summed E-state index contributed by atoms with van der Waals surface area (Å²) in [5, 5.41) is 40.2. The van der Waals surface area contributed by atoms with Gasteiger partial charge in [-0.15, -0.1) is 0 Å². The number of ether oxygens (including phenoxy) is 2. The Balaban J connectivity index is 1.40. The average molecular weight is 587 g/mol. The molecule has 0 aromatic carbocycles. The van der Waals surface area contributed by atoms with E-state index in [4.69, 9.17) is 15.2 Å². The Hall–Kier alpha value is -2.16. The molecule has 0 aliphatic carbocycles. The first-order valence-electron chi connectivity index (χ1n) is 10.6. The molecule has 20 nitrogen and oxygen atoms in total. The monoisotopic (exact) mass is 587 g/mol. The van der Waals surface area contributed by atoms with Gasteiger partial charge < -0.3 is 45.4 Å². The van der Waals surface area contributed by atoms with E-state index in [2.05, 4.69) is 28.3 Å². The highest BCUT2D eigenvalue weighted by atomic mass is 31.3. The molecule has 10 atom stereocenters. The van der Waals surface area contributed by atoms with Gasteiger partial charge in [0, 0.05) is 0 Å².